The molecule has 0 saturated heterocycles. The number of sulfone groups is 1. The average Bonchev–Trinajstić information content (AvgIpc) is 3.91. The van der Waals surface area contributed by atoms with Gasteiger partial charge in [0.2, 0.25) is 15.9 Å². The largest absolute Gasteiger partial charge is 1.00 e. The Bertz CT molecular complexity index is 2900. The van der Waals surface area contributed by atoms with Gasteiger partial charge < -0.3 is 40.5 Å². The van der Waals surface area contributed by atoms with Crippen LogP contribution in [0, 0.1) is 20.8 Å². The summed E-state index contributed by atoms with van der Waals surface area (Å²) in [7, 11) is 0.488. The van der Waals surface area contributed by atoms with E-state index in [9.17, 15) is 22.8 Å². The zero-order valence-corrected chi connectivity index (χ0v) is 51.1. The number of hydrogen-bond donors (Lipinski definition) is 0. The molecule has 0 bridgehead atoms. The number of carbonyl (C=O) groups is 3. The van der Waals surface area contributed by atoms with Gasteiger partial charge in [-0.1, -0.05) is 61.6 Å². The molecule has 422 valence electrons. The zero-order valence-electron chi connectivity index (χ0n) is 43.6. The molecule has 0 radical (unpaired) electrons. The Labute approximate surface area is 500 Å². The summed E-state index contributed by atoms with van der Waals surface area (Å²) < 4.78 is 45.0. The maximum absolute atomic E-state index is 12.7. The van der Waals surface area contributed by atoms with Gasteiger partial charge >= 0.3 is 47.5 Å². The number of rotatable bonds is 19. The Morgan fingerprint density at radius 3 is 1.24 bits per heavy atom. The van der Waals surface area contributed by atoms with Crippen molar-refractivity contribution in [2.24, 2.45) is 0 Å². The number of ether oxygens (including phenoxy) is 3. The summed E-state index contributed by atoms with van der Waals surface area (Å²) in [5.41, 5.74) is 3.31. The molecule has 0 aliphatic heterocycles. The van der Waals surface area contributed by atoms with Crippen LogP contribution in [-0.4, -0.2) is 122 Å². The first-order valence-electron chi connectivity index (χ1n) is 23.0. The minimum atomic E-state index is -3.65. The fourth-order valence-electron chi connectivity index (χ4n) is 6.72. The maximum Gasteiger partial charge on any atom is 1.00 e. The number of imidazole rings is 3. The number of esters is 3. The molecule has 0 unspecified atom stereocenters. The van der Waals surface area contributed by atoms with Crippen molar-refractivity contribution in [1.82, 2.24) is 58.6 Å². The Morgan fingerprint density at radius 2 is 0.868 bits per heavy atom. The molecule has 0 N–H and O–H groups in total. The second kappa shape index (κ2) is 36.2. The van der Waals surface area contributed by atoms with Crippen LogP contribution in [0.15, 0.2) is 10.1 Å². The molecule has 6 aromatic rings. The molecule has 0 saturated carbocycles. The first-order chi connectivity index (χ1) is 33.9. The molecule has 0 aliphatic carbocycles. The summed E-state index contributed by atoms with van der Waals surface area (Å²) in [6, 6.07) is 0. The number of hydrogen-bond acceptors (Lipinski definition) is 19. The summed E-state index contributed by atoms with van der Waals surface area (Å²) >= 11 is 30.0. The van der Waals surface area contributed by atoms with E-state index >= 15 is 0 Å². The Kier molecular flexibility index (Phi) is 35.7. The van der Waals surface area contributed by atoms with Crippen molar-refractivity contribution in [3.05, 3.63) is 38.5 Å². The van der Waals surface area contributed by atoms with Crippen LogP contribution in [0.25, 0.3) is 33.5 Å². The van der Waals surface area contributed by atoms with Crippen molar-refractivity contribution in [2.75, 3.05) is 21.3 Å². The van der Waals surface area contributed by atoms with Gasteiger partial charge in [0.1, 0.15) is 39.0 Å². The summed E-state index contributed by atoms with van der Waals surface area (Å²) in [5.74, 6) is 1.63. The summed E-state index contributed by atoms with van der Waals surface area (Å²) in [6.45, 7) is 18.9. The van der Waals surface area contributed by atoms with Gasteiger partial charge in [0.15, 0.2) is 37.0 Å². The van der Waals surface area contributed by atoms with E-state index in [1.807, 2.05) is 32.3 Å². The number of fused-ring (bicyclic) bond motifs is 3. The minimum absolute atomic E-state index is 0. The number of aryl methyl sites for hydroxylation is 6. The Hall–Kier alpha value is -3.13. The number of halogens is 4. The number of thioether (sulfide) groups is 1. The van der Waals surface area contributed by atoms with Crippen molar-refractivity contribution < 1.29 is 66.6 Å². The van der Waals surface area contributed by atoms with E-state index in [1.165, 1.54) is 21.3 Å². The van der Waals surface area contributed by atoms with E-state index in [2.05, 4.69) is 90.1 Å². The fraction of sp³-hybridized carbons (Fsp3) is 0.625. The SMILES string of the molecule is C.C.C.CC(C)[S-].COC(=O)CCCCn1c(C)nc2nc(Cl)nc(Cl)c21.COC(=O)CCCCn1c(C)nc2nc(Cl)nc(S(=O)(=O)C(C)C)c21.COC(=O)CCCCn1c(C)nc2nc(Cl)nc(SC(C)C)c21.[Na+]. The van der Waals surface area contributed by atoms with E-state index in [0.717, 1.165) is 54.4 Å². The van der Waals surface area contributed by atoms with Gasteiger partial charge in [-0.3, -0.25) is 14.4 Å². The van der Waals surface area contributed by atoms with Crippen molar-refractivity contribution in [2.45, 2.75) is 188 Å². The van der Waals surface area contributed by atoms with E-state index in [-0.39, 0.29) is 101 Å². The average molecular weight is 1210 g/mol. The summed E-state index contributed by atoms with van der Waals surface area (Å²) in [6.07, 6.45) is 5.58. The maximum atomic E-state index is 12.7. The Balaban J connectivity index is 0. The van der Waals surface area contributed by atoms with Gasteiger partial charge in [0.05, 0.1) is 26.6 Å². The standard InChI is InChI=1S/C15H21ClN4O4S.C15H21ClN4O2S.C12H14Cl2N4O2.C3H8S.3CH4.Na/c1-9(2)25(22,23)14-12-13(18-15(16)19-14)17-10(3)20(12)8-6-5-7-11(21)24-4;1-9(2)23-14-12-13(18-15(16)19-14)17-10(3)20(12)8-6-5-7-11(21)22-4;1-7-15-11-9(10(13)16-12(14)17-11)18(7)6-4-3-5-8(19)20-2;1-3(2)4;;;;/h9H,5-8H2,1-4H3;9H,5-8H2,1-4H3;3-6H2,1-2H3;3-4H,1-2H3;3*1H4;/q;;;;;;;+1/p-1. The third-order valence-corrected chi connectivity index (χ3v) is 14.0. The first-order valence-corrected chi connectivity index (χ1v) is 27.4. The van der Waals surface area contributed by atoms with Crippen LogP contribution in [0.5, 0.6) is 0 Å². The third kappa shape index (κ3) is 22.5. The monoisotopic (exact) mass is 1210 g/mol. The van der Waals surface area contributed by atoms with Crippen molar-refractivity contribution in [3.63, 3.8) is 0 Å². The quantitative estimate of drug-likeness (QED) is 0.0108. The number of methoxy groups -OCH3 is 3. The van der Waals surface area contributed by atoms with Crippen molar-refractivity contribution in [3.8, 4) is 0 Å². The van der Waals surface area contributed by atoms with Crippen molar-refractivity contribution in [1.29, 1.82) is 0 Å². The smallest absolute Gasteiger partial charge is 0.790 e. The van der Waals surface area contributed by atoms with Crippen LogP contribution in [-0.2, 0) is 70.7 Å². The third-order valence-electron chi connectivity index (χ3n) is 10.2. The summed E-state index contributed by atoms with van der Waals surface area (Å²) in [4.78, 5) is 71.1. The second-order valence-corrected chi connectivity index (χ2v) is 23.0. The van der Waals surface area contributed by atoms with Gasteiger partial charge in [-0.15, -0.1) is 11.8 Å². The number of aromatic nitrogens is 12. The molecule has 0 aliphatic rings. The van der Waals surface area contributed by atoms with Crippen LogP contribution in [0.4, 0.5) is 0 Å². The zero-order chi connectivity index (χ0) is 54.0. The van der Waals surface area contributed by atoms with Gasteiger partial charge in [0.25, 0.3) is 0 Å². The van der Waals surface area contributed by atoms with Gasteiger partial charge in [0, 0.05) is 44.1 Å². The topological polar surface area (TPSA) is 244 Å². The molecule has 76 heavy (non-hydrogen) atoms. The van der Waals surface area contributed by atoms with Crippen LogP contribution < -0.4 is 29.6 Å². The molecule has 6 heterocycles. The molecule has 0 atom stereocenters. The molecule has 20 nitrogen and oxygen atoms in total. The van der Waals surface area contributed by atoms with E-state index in [4.69, 9.17) is 46.4 Å². The summed E-state index contributed by atoms with van der Waals surface area (Å²) in [5, 5.41) is 1.33. The number of nitrogens with zero attached hydrogens (tertiary/aromatic N) is 12. The predicted molar refractivity (Wildman–Crippen MR) is 304 cm³/mol. The molecule has 6 aromatic heterocycles. The Morgan fingerprint density at radius 1 is 0.539 bits per heavy atom. The van der Waals surface area contributed by atoms with Crippen LogP contribution in [0.1, 0.15) is 139 Å². The molecule has 0 spiro atoms. The van der Waals surface area contributed by atoms with Gasteiger partial charge in [-0.25, -0.2) is 38.3 Å². The van der Waals surface area contributed by atoms with Crippen LogP contribution >= 0.6 is 58.2 Å². The van der Waals surface area contributed by atoms with E-state index in [1.54, 1.807) is 37.1 Å². The second-order valence-electron chi connectivity index (χ2n) is 16.7. The molecule has 28 heteroatoms. The molecule has 0 amide bonds. The molecular weight excluding hydrogens is 1130 g/mol. The molecule has 0 aromatic carbocycles. The van der Waals surface area contributed by atoms with Crippen LogP contribution in [0.2, 0.25) is 21.0 Å². The van der Waals surface area contributed by atoms with E-state index < -0.39 is 15.1 Å². The van der Waals surface area contributed by atoms with Gasteiger partial charge in [-0.2, -0.15) is 20.2 Å². The van der Waals surface area contributed by atoms with Gasteiger partial charge in [-0.05, 0) is 108 Å². The molecular formula is C48H75Cl4N12NaO8S3. The van der Waals surface area contributed by atoms with Crippen molar-refractivity contribution >= 4 is 132 Å². The molecule has 0 fully saturated rings. The fourth-order valence-corrected chi connectivity index (χ4v) is 9.66. The number of unbranched alkanes of at least 4 members (excludes halogenated alkanes) is 3. The number of carbonyl (C=O) groups excluding carboxylic acids is 3. The van der Waals surface area contributed by atoms with E-state index in [0.29, 0.717) is 83.8 Å². The minimum Gasteiger partial charge on any atom is -0.790 e. The first kappa shape index (κ1) is 74.9. The molecule has 6 rings (SSSR count). The normalized spacial score (nSPS) is 10.8. The predicted octanol–water partition coefficient (Wildman–Crippen LogP) is 8.58. The van der Waals surface area contributed by atoms with Crippen LogP contribution in [0.3, 0.4) is 0 Å².